The van der Waals surface area contributed by atoms with Gasteiger partial charge in [-0.3, -0.25) is 0 Å². The Morgan fingerprint density at radius 1 is 1.35 bits per heavy atom. The normalized spacial score (nSPS) is 19.0. The van der Waals surface area contributed by atoms with E-state index in [-0.39, 0.29) is 18.0 Å². The van der Waals surface area contributed by atoms with E-state index in [9.17, 15) is 4.39 Å². The SMILES string of the molecule is CCOC(C1CC1)C(NC)c1ccc(F)cc1. The molecule has 0 heterocycles. The van der Waals surface area contributed by atoms with Gasteiger partial charge in [-0.25, -0.2) is 4.39 Å². The lowest BCUT2D eigenvalue weighted by molar-refractivity contribution is 0.0204. The molecule has 1 aromatic rings. The fourth-order valence-corrected chi connectivity index (χ4v) is 2.31. The molecule has 2 nitrogen and oxygen atoms in total. The largest absolute Gasteiger partial charge is 0.376 e. The molecule has 0 saturated heterocycles. The number of nitrogens with one attached hydrogen (secondary N) is 1. The summed E-state index contributed by atoms with van der Waals surface area (Å²) in [5.74, 6) is 0.459. The van der Waals surface area contributed by atoms with Crippen molar-refractivity contribution in [2.24, 2.45) is 5.92 Å². The van der Waals surface area contributed by atoms with E-state index in [2.05, 4.69) is 5.32 Å². The molecular weight excluding hydrogens is 217 g/mol. The monoisotopic (exact) mass is 237 g/mol. The maximum Gasteiger partial charge on any atom is 0.123 e. The van der Waals surface area contributed by atoms with Gasteiger partial charge >= 0.3 is 0 Å². The van der Waals surface area contributed by atoms with Gasteiger partial charge in [-0.2, -0.15) is 0 Å². The van der Waals surface area contributed by atoms with Crippen LogP contribution in [0.4, 0.5) is 4.39 Å². The zero-order valence-corrected chi connectivity index (χ0v) is 10.4. The first kappa shape index (κ1) is 12.5. The summed E-state index contributed by atoms with van der Waals surface area (Å²) in [4.78, 5) is 0. The van der Waals surface area contributed by atoms with Gasteiger partial charge in [-0.1, -0.05) is 12.1 Å². The van der Waals surface area contributed by atoms with Crippen LogP contribution in [0.5, 0.6) is 0 Å². The molecule has 0 aliphatic heterocycles. The summed E-state index contributed by atoms with van der Waals surface area (Å²) in [7, 11) is 1.93. The quantitative estimate of drug-likeness (QED) is 0.821. The van der Waals surface area contributed by atoms with Crippen LogP contribution in [0.3, 0.4) is 0 Å². The topological polar surface area (TPSA) is 21.3 Å². The molecule has 1 aromatic carbocycles. The van der Waals surface area contributed by atoms with Crippen LogP contribution < -0.4 is 5.32 Å². The predicted molar refractivity (Wildman–Crippen MR) is 66.3 cm³/mol. The highest BCUT2D eigenvalue weighted by atomic mass is 19.1. The molecule has 1 fully saturated rings. The van der Waals surface area contributed by atoms with Crippen molar-refractivity contribution in [3.8, 4) is 0 Å². The summed E-state index contributed by atoms with van der Waals surface area (Å²) in [6, 6.07) is 6.85. The Bertz CT molecular complexity index is 348. The second kappa shape index (κ2) is 5.61. The van der Waals surface area contributed by atoms with E-state index in [1.54, 1.807) is 0 Å². The summed E-state index contributed by atoms with van der Waals surface area (Å²) in [5.41, 5.74) is 1.10. The van der Waals surface area contributed by atoms with Gasteiger partial charge in [0.15, 0.2) is 0 Å². The first-order valence-corrected chi connectivity index (χ1v) is 6.30. The van der Waals surface area contributed by atoms with E-state index in [4.69, 9.17) is 4.74 Å². The van der Waals surface area contributed by atoms with Gasteiger partial charge in [0.25, 0.3) is 0 Å². The lowest BCUT2D eigenvalue weighted by atomic mass is 9.98. The van der Waals surface area contributed by atoms with Gasteiger partial charge in [-0.15, -0.1) is 0 Å². The van der Waals surface area contributed by atoms with E-state index in [0.29, 0.717) is 5.92 Å². The Balaban J connectivity index is 2.15. The van der Waals surface area contributed by atoms with Crippen molar-refractivity contribution >= 4 is 0 Å². The molecule has 0 spiro atoms. The molecule has 0 amide bonds. The minimum atomic E-state index is -0.192. The van der Waals surface area contributed by atoms with Crippen LogP contribution in [0.1, 0.15) is 31.4 Å². The van der Waals surface area contributed by atoms with Gasteiger partial charge in [-0.05, 0) is 50.4 Å². The molecule has 1 aliphatic carbocycles. The summed E-state index contributed by atoms with van der Waals surface area (Å²) >= 11 is 0. The predicted octanol–water partition coefficient (Wildman–Crippen LogP) is 2.90. The molecule has 1 aliphatic rings. The van der Waals surface area contributed by atoms with Crippen molar-refractivity contribution in [3.05, 3.63) is 35.6 Å². The highest BCUT2D eigenvalue weighted by molar-refractivity contribution is 5.21. The van der Waals surface area contributed by atoms with Crippen LogP contribution in [0, 0.1) is 11.7 Å². The van der Waals surface area contributed by atoms with Crippen molar-refractivity contribution in [3.63, 3.8) is 0 Å². The summed E-state index contributed by atoms with van der Waals surface area (Å²) < 4.78 is 18.8. The second-order valence-electron chi connectivity index (χ2n) is 4.58. The highest BCUT2D eigenvalue weighted by Gasteiger charge is 2.37. The van der Waals surface area contributed by atoms with E-state index in [1.165, 1.54) is 25.0 Å². The number of halogens is 1. The number of benzene rings is 1. The molecule has 0 bridgehead atoms. The highest BCUT2D eigenvalue weighted by Crippen LogP contribution is 2.39. The van der Waals surface area contributed by atoms with E-state index < -0.39 is 0 Å². The maximum absolute atomic E-state index is 12.9. The maximum atomic E-state index is 12.9. The number of rotatable bonds is 6. The third kappa shape index (κ3) is 3.05. The van der Waals surface area contributed by atoms with Crippen LogP contribution in [0.15, 0.2) is 24.3 Å². The Labute approximate surface area is 102 Å². The van der Waals surface area contributed by atoms with Crippen molar-refractivity contribution in [1.29, 1.82) is 0 Å². The lowest BCUT2D eigenvalue weighted by Crippen LogP contribution is -2.33. The summed E-state index contributed by atoms with van der Waals surface area (Å²) in [6.45, 7) is 2.74. The number of ether oxygens (including phenoxy) is 1. The molecule has 2 rings (SSSR count). The Kier molecular flexibility index (Phi) is 4.13. The summed E-state index contributed by atoms with van der Waals surface area (Å²) in [6.07, 6.45) is 2.68. The van der Waals surface area contributed by atoms with Gasteiger partial charge < -0.3 is 10.1 Å². The van der Waals surface area contributed by atoms with E-state index in [1.807, 2.05) is 26.1 Å². The molecule has 94 valence electrons. The van der Waals surface area contributed by atoms with Crippen LogP contribution >= 0.6 is 0 Å². The fraction of sp³-hybridized carbons (Fsp3) is 0.571. The zero-order chi connectivity index (χ0) is 12.3. The molecule has 1 saturated carbocycles. The Morgan fingerprint density at radius 2 is 2.00 bits per heavy atom. The number of likely N-dealkylation sites (N-methyl/N-ethyl adjacent to an activating group) is 1. The minimum Gasteiger partial charge on any atom is -0.376 e. The van der Waals surface area contributed by atoms with Gasteiger partial charge in [0.2, 0.25) is 0 Å². The first-order valence-electron chi connectivity index (χ1n) is 6.30. The molecule has 2 atom stereocenters. The molecule has 3 heteroatoms. The van der Waals surface area contributed by atoms with Gasteiger partial charge in [0.05, 0.1) is 12.1 Å². The molecule has 0 aromatic heterocycles. The third-order valence-electron chi connectivity index (χ3n) is 3.31. The third-order valence-corrected chi connectivity index (χ3v) is 3.31. The zero-order valence-electron chi connectivity index (χ0n) is 10.4. The average molecular weight is 237 g/mol. The fourth-order valence-electron chi connectivity index (χ4n) is 2.31. The van der Waals surface area contributed by atoms with Crippen molar-refractivity contribution in [1.82, 2.24) is 5.32 Å². The molecular formula is C14H20FNO. The molecule has 17 heavy (non-hydrogen) atoms. The second-order valence-corrected chi connectivity index (χ2v) is 4.58. The van der Waals surface area contributed by atoms with Crippen LogP contribution in [0.2, 0.25) is 0 Å². The Hall–Kier alpha value is -0.930. The minimum absolute atomic E-state index is 0.156. The van der Waals surface area contributed by atoms with Crippen LogP contribution in [-0.4, -0.2) is 19.8 Å². The van der Waals surface area contributed by atoms with Gasteiger partial charge in [0.1, 0.15) is 5.82 Å². The average Bonchev–Trinajstić information content (AvgIpc) is 3.15. The van der Waals surface area contributed by atoms with Crippen LogP contribution in [0.25, 0.3) is 0 Å². The smallest absolute Gasteiger partial charge is 0.123 e. The van der Waals surface area contributed by atoms with Crippen LogP contribution in [-0.2, 0) is 4.74 Å². The number of hydrogen-bond acceptors (Lipinski definition) is 2. The van der Waals surface area contributed by atoms with E-state index >= 15 is 0 Å². The molecule has 1 N–H and O–H groups in total. The molecule has 2 unspecified atom stereocenters. The number of hydrogen-bond donors (Lipinski definition) is 1. The molecule has 0 radical (unpaired) electrons. The van der Waals surface area contributed by atoms with Crippen molar-refractivity contribution in [2.45, 2.75) is 31.9 Å². The standard InChI is InChI=1S/C14H20FNO/c1-3-17-14(11-4-5-11)13(16-2)10-6-8-12(15)9-7-10/h6-9,11,13-14,16H,3-5H2,1-2H3. The van der Waals surface area contributed by atoms with Crippen molar-refractivity contribution in [2.75, 3.05) is 13.7 Å². The van der Waals surface area contributed by atoms with E-state index in [0.717, 1.165) is 12.2 Å². The first-order chi connectivity index (χ1) is 8.26. The lowest BCUT2D eigenvalue weighted by Gasteiger charge is -2.27. The summed E-state index contributed by atoms with van der Waals surface area (Å²) in [5, 5.41) is 3.30. The van der Waals surface area contributed by atoms with Crippen molar-refractivity contribution < 1.29 is 9.13 Å². The van der Waals surface area contributed by atoms with Gasteiger partial charge in [0, 0.05) is 6.61 Å². The Morgan fingerprint density at radius 3 is 2.47 bits per heavy atom.